The second-order valence-corrected chi connectivity index (χ2v) is 5.40. The lowest BCUT2D eigenvalue weighted by Crippen LogP contribution is -2.32. The zero-order chi connectivity index (χ0) is 15.2. The van der Waals surface area contributed by atoms with E-state index in [4.69, 9.17) is 0 Å². The van der Waals surface area contributed by atoms with E-state index in [9.17, 15) is 14.7 Å². The summed E-state index contributed by atoms with van der Waals surface area (Å²) in [6.45, 7) is 2.20. The van der Waals surface area contributed by atoms with Crippen LogP contribution in [0.15, 0.2) is 41.6 Å². The molecular formula is C17H21NO3. The minimum atomic E-state index is -0.960. The van der Waals surface area contributed by atoms with Crippen molar-refractivity contribution in [3.8, 4) is 0 Å². The van der Waals surface area contributed by atoms with Gasteiger partial charge in [0.1, 0.15) is 0 Å². The second-order valence-electron chi connectivity index (χ2n) is 5.40. The maximum Gasteiger partial charge on any atom is 0.333 e. The molecule has 0 aliphatic carbocycles. The Morgan fingerprint density at radius 3 is 2.57 bits per heavy atom. The van der Waals surface area contributed by atoms with Crippen LogP contribution in [0.2, 0.25) is 0 Å². The lowest BCUT2D eigenvalue weighted by atomic mass is 10.0. The van der Waals surface area contributed by atoms with Crippen LogP contribution in [0.4, 0.5) is 0 Å². The molecule has 0 atom stereocenters. The van der Waals surface area contributed by atoms with Crippen LogP contribution in [0.5, 0.6) is 0 Å². The zero-order valence-corrected chi connectivity index (χ0v) is 12.3. The highest BCUT2D eigenvalue weighted by atomic mass is 16.4. The molecule has 2 rings (SSSR count). The van der Waals surface area contributed by atoms with Crippen molar-refractivity contribution in [3.63, 3.8) is 0 Å². The molecule has 1 aliphatic rings. The Bertz CT molecular complexity index is 548. The number of amides is 1. The number of likely N-dealkylation sites (tertiary alicyclic amines) is 1. The average molecular weight is 287 g/mol. The summed E-state index contributed by atoms with van der Waals surface area (Å²) in [5.41, 5.74) is 1.90. The van der Waals surface area contributed by atoms with Crippen LogP contribution in [-0.2, 0) is 16.0 Å². The van der Waals surface area contributed by atoms with E-state index in [1.165, 1.54) is 0 Å². The molecule has 1 N–H and O–H groups in total. The fourth-order valence-electron chi connectivity index (χ4n) is 2.61. The van der Waals surface area contributed by atoms with Crippen LogP contribution in [-0.4, -0.2) is 28.4 Å². The van der Waals surface area contributed by atoms with E-state index in [1.807, 2.05) is 30.3 Å². The highest BCUT2D eigenvalue weighted by Crippen LogP contribution is 2.22. The molecule has 1 saturated heterocycles. The zero-order valence-electron chi connectivity index (χ0n) is 12.3. The third kappa shape index (κ3) is 3.94. The monoisotopic (exact) mass is 287 g/mol. The number of hydrogen-bond donors (Lipinski definition) is 1. The first-order valence-corrected chi connectivity index (χ1v) is 7.37. The van der Waals surface area contributed by atoms with Gasteiger partial charge in [0, 0.05) is 25.1 Å². The minimum absolute atomic E-state index is 0.0408. The molecule has 0 unspecified atom stereocenters. The molecule has 4 nitrogen and oxygen atoms in total. The van der Waals surface area contributed by atoms with E-state index in [1.54, 1.807) is 11.8 Å². The van der Waals surface area contributed by atoms with Crippen LogP contribution in [0.1, 0.15) is 38.2 Å². The molecule has 0 bridgehead atoms. The lowest BCUT2D eigenvalue weighted by Gasteiger charge is -2.25. The lowest BCUT2D eigenvalue weighted by molar-refractivity contribution is -0.132. The van der Waals surface area contributed by atoms with E-state index >= 15 is 0 Å². The Balaban J connectivity index is 2.34. The molecule has 1 aliphatic heterocycles. The summed E-state index contributed by atoms with van der Waals surface area (Å²) in [4.78, 5) is 25.3. The summed E-state index contributed by atoms with van der Waals surface area (Å²) < 4.78 is 0. The van der Waals surface area contributed by atoms with Crippen molar-refractivity contribution in [2.45, 2.75) is 39.0 Å². The minimum Gasteiger partial charge on any atom is -0.478 e. The summed E-state index contributed by atoms with van der Waals surface area (Å²) in [7, 11) is 0. The molecule has 1 aromatic rings. The van der Waals surface area contributed by atoms with Crippen LogP contribution < -0.4 is 0 Å². The number of carbonyl (C=O) groups excluding carboxylic acids is 1. The van der Waals surface area contributed by atoms with E-state index in [-0.39, 0.29) is 11.5 Å². The molecule has 0 aromatic heterocycles. The van der Waals surface area contributed by atoms with Crippen LogP contribution in [0.25, 0.3) is 0 Å². The number of allylic oxidation sites excluding steroid dienone is 1. The van der Waals surface area contributed by atoms with Gasteiger partial charge in [-0.05, 0) is 25.3 Å². The number of nitrogens with zero attached hydrogens (tertiary/aromatic N) is 1. The van der Waals surface area contributed by atoms with Crippen molar-refractivity contribution < 1.29 is 14.7 Å². The van der Waals surface area contributed by atoms with Gasteiger partial charge in [0.05, 0.1) is 5.57 Å². The van der Waals surface area contributed by atoms with E-state index < -0.39 is 5.97 Å². The third-order valence-corrected chi connectivity index (χ3v) is 3.87. The smallest absolute Gasteiger partial charge is 0.333 e. The quantitative estimate of drug-likeness (QED) is 0.866. The number of carboxylic acid groups (broad SMARTS) is 1. The van der Waals surface area contributed by atoms with Gasteiger partial charge < -0.3 is 10.0 Å². The van der Waals surface area contributed by atoms with Crippen molar-refractivity contribution in [3.05, 3.63) is 47.2 Å². The molecule has 0 spiro atoms. The van der Waals surface area contributed by atoms with Crippen LogP contribution >= 0.6 is 0 Å². The van der Waals surface area contributed by atoms with Gasteiger partial charge in [-0.2, -0.15) is 0 Å². The summed E-state index contributed by atoms with van der Waals surface area (Å²) >= 11 is 0. The summed E-state index contributed by atoms with van der Waals surface area (Å²) in [6.07, 6.45) is 3.82. The summed E-state index contributed by atoms with van der Waals surface area (Å²) in [5.74, 6) is -0.919. The van der Waals surface area contributed by atoms with Crippen molar-refractivity contribution in [2.75, 3.05) is 6.54 Å². The molecule has 4 heteroatoms. The Labute approximate surface area is 125 Å². The SMILES string of the molecule is CC(C(=O)O)=C(Cc1ccccc1)N1CCCCCC1=O. The van der Waals surface area contributed by atoms with Crippen LogP contribution in [0, 0.1) is 0 Å². The molecule has 21 heavy (non-hydrogen) atoms. The van der Waals surface area contributed by atoms with Gasteiger partial charge in [0.25, 0.3) is 0 Å². The molecule has 0 radical (unpaired) electrons. The predicted molar refractivity (Wildman–Crippen MR) is 80.7 cm³/mol. The standard InChI is InChI=1S/C17H21NO3/c1-13(17(20)21)15(12-14-8-4-2-5-9-14)18-11-7-3-6-10-16(18)19/h2,4-5,8-9H,3,6-7,10-12H2,1H3,(H,20,21). The summed E-state index contributed by atoms with van der Waals surface area (Å²) in [6, 6.07) is 9.68. The number of carbonyl (C=O) groups is 2. The fourth-order valence-corrected chi connectivity index (χ4v) is 2.61. The van der Waals surface area contributed by atoms with Gasteiger partial charge in [-0.25, -0.2) is 4.79 Å². The molecule has 1 heterocycles. The molecule has 1 fully saturated rings. The van der Waals surface area contributed by atoms with Gasteiger partial charge in [0.2, 0.25) is 5.91 Å². The van der Waals surface area contributed by atoms with Gasteiger partial charge >= 0.3 is 5.97 Å². The number of hydrogen-bond acceptors (Lipinski definition) is 2. The largest absolute Gasteiger partial charge is 0.478 e. The van der Waals surface area contributed by atoms with Gasteiger partial charge in [-0.1, -0.05) is 36.8 Å². The Hall–Kier alpha value is -2.10. The molecular weight excluding hydrogens is 266 g/mol. The van der Waals surface area contributed by atoms with Crippen molar-refractivity contribution >= 4 is 11.9 Å². The maximum absolute atomic E-state index is 12.3. The molecule has 0 saturated carbocycles. The van der Waals surface area contributed by atoms with Crippen molar-refractivity contribution in [1.82, 2.24) is 4.90 Å². The van der Waals surface area contributed by atoms with Gasteiger partial charge in [-0.3, -0.25) is 4.79 Å². The first kappa shape index (κ1) is 15.3. The van der Waals surface area contributed by atoms with E-state index in [0.29, 0.717) is 25.1 Å². The molecule has 1 aromatic carbocycles. The Morgan fingerprint density at radius 1 is 1.19 bits per heavy atom. The number of aliphatic carboxylic acids is 1. The normalized spacial score (nSPS) is 17.2. The highest BCUT2D eigenvalue weighted by Gasteiger charge is 2.23. The second kappa shape index (κ2) is 7.07. The van der Waals surface area contributed by atoms with E-state index in [2.05, 4.69) is 0 Å². The molecule has 1 amide bonds. The fraction of sp³-hybridized carbons (Fsp3) is 0.412. The van der Waals surface area contributed by atoms with Gasteiger partial charge in [0.15, 0.2) is 0 Å². The highest BCUT2D eigenvalue weighted by molar-refractivity contribution is 5.88. The number of carboxylic acids is 1. The summed E-state index contributed by atoms with van der Waals surface area (Å²) in [5, 5.41) is 9.32. The third-order valence-electron chi connectivity index (χ3n) is 3.87. The van der Waals surface area contributed by atoms with E-state index in [0.717, 1.165) is 24.8 Å². The van der Waals surface area contributed by atoms with Crippen molar-refractivity contribution in [2.24, 2.45) is 0 Å². The van der Waals surface area contributed by atoms with Crippen LogP contribution in [0.3, 0.4) is 0 Å². The molecule has 112 valence electrons. The first-order valence-electron chi connectivity index (χ1n) is 7.37. The predicted octanol–water partition coefficient (Wildman–Crippen LogP) is 2.99. The first-order chi connectivity index (χ1) is 10.1. The number of benzene rings is 1. The maximum atomic E-state index is 12.3. The average Bonchev–Trinajstić information content (AvgIpc) is 2.70. The van der Waals surface area contributed by atoms with Crippen molar-refractivity contribution in [1.29, 1.82) is 0 Å². The van der Waals surface area contributed by atoms with Gasteiger partial charge in [-0.15, -0.1) is 0 Å². The Morgan fingerprint density at radius 2 is 1.90 bits per heavy atom. The topological polar surface area (TPSA) is 57.6 Å². The Kier molecular flexibility index (Phi) is 5.14. The number of rotatable bonds is 4.